The van der Waals surface area contributed by atoms with E-state index in [4.69, 9.17) is 14.6 Å². The van der Waals surface area contributed by atoms with E-state index in [0.717, 1.165) is 12.1 Å². The van der Waals surface area contributed by atoms with Crippen LogP contribution >= 0.6 is 0 Å². The quantitative estimate of drug-likeness (QED) is 0.865. The lowest BCUT2D eigenvalue weighted by Gasteiger charge is -2.13. The molecular formula is C11H12F2O4. The van der Waals surface area contributed by atoms with E-state index in [0.29, 0.717) is 0 Å². The monoisotopic (exact) mass is 246 g/mol. The largest absolute Gasteiger partial charge is 0.493 e. The van der Waals surface area contributed by atoms with Gasteiger partial charge in [0.25, 0.3) is 6.43 Å². The highest BCUT2D eigenvalue weighted by atomic mass is 19.3. The van der Waals surface area contributed by atoms with Gasteiger partial charge in [0.15, 0.2) is 11.5 Å². The van der Waals surface area contributed by atoms with E-state index in [2.05, 4.69) is 0 Å². The molecule has 0 bridgehead atoms. The number of benzene rings is 1. The van der Waals surface area contributed by atoms with Gasteiger partial charge < -0.3 is 14.6 Å². The zero-order valence-corrected chi connectivity index (χ0v) is 9.37. The Morgan fingerprint density at radius 2 is 2.00 bits per heavy atom. The van der Waals surface area contributed by atoms with Crippen LogP contribution in [0.4, 0.5) is 8.78 Å². The predicted molar refractivity (Wildman–Crippen MR) is 55.8 cm³/mol. The standard InChI is InChI=1S/C11H12F2O4/c1-16-8-4-7(11(12)13)3-6(5-9(14)15)10(8)17-2/h3-4,11H,5H2,1-2H3,(H,14,15). The number of alkyl halides is 2. The number of carbonyl (C=O) groups is 1. The predicted octanol–water partition coefficient (Wildman–Crippen LogP) is 2.27. The molecule has 0 saturated carbocycles. The second-order valence-corrected chi connectivity index (χ2v) is 3.29. The molecule has 0 unspecified atom stereocenters. The molecule has 0 atom stereocenters. The summed E-state index contributed by atoms with van der Waals surface area (Å²) < 4.78 is 35.1. The van der Waals surface area contributed by atoms with Crippen molar-refractivity contribution in [3.05, 3.63) is 23.3 Å². The molecule has 0 amide bonds. The molecular weight excluding hydrogens is 234 g/mol. The van der Waals surface area contributed by atoms with Crippen molar-refractivity contribution in [3.8, 4) is 11.5 Å². The fourth-order valence-electron chi connectivity index (χ4n) is 1.49. The van der Waals surface area contributed by atoms with E-state index in [-0.39, 0.29) is 22.6 Å². The molecule has 94 valence electrons. The van der Waals surface area contributed by atoms with Gasteiger partial charge in [0, 0.05) is 11.1 Å². The third kappa shape index (κ3) is 3.05. The fourth-order valence-corrected chi connectivity index (χ4v) is 1.49. The average molecular weight is 246 g/mol. The maximum Gasteiger partial charge on any atom is 0.307 e. The molecule has 0 aliphatic carbocycles. The van der Waals surface area contributed by atoms with Crippen molar-refractivity contribution in [3.63, 3.8) is 0 Å². The molecule has 0 heterocycles. The molecule has 0 aromatic heterocycles. The average Bonchev–Trinajstić information content (AvgIpc) is 2.26. The molecule has 4 nitrogen and oxygen atoms in total. The van der Waals surface area contributed by atoms with Crippen LogP contribution in [0.15, 0.2) is 12.1 Å². The third-order valence-corrected chi connectivity index (χ3v) is 2.17. The SMILES string of the molecule is COc1cc(C(F)F)cc(CC(=O)O)c1OC. The van der Waals surface area contributed by atoms with Crippen LogP contribution in [0.2, 0.25) is 0 Å². The van der Waals surface area contributed by atoms with Crippen molar-refractivity contribution < 1.29 is 28.2 Å². The summed E-state index contributed by atoms with van der Waals surface area (Å²) in [4.78, 5) is 10.6. The van der Waals surface area contributed by atoms with Crippen LogP contribution in [0.25, 0.3) is 0 Å². The summed E-state index contributed by atoms with van der Waals surface area (Å²) in [5.41, 5.74) is -0.131. The molecule has 0 fully saturated rings. The van der Waals surface area contributed by atoms with Gasteiger partial charge in [0.2, 0.25) is 0 Å². The lowest BCUT2D eigenvalue weighted by molar-refractivity contribution is -0.136. The molecule has 0 spiro atoms. The van der Waals surface area contributed by atoms with Crippen molar-refractivity contribution in [1.82, 2.24) is 0 Å². The molecule has 17 heavy (non-hydrogen) atoms. The van der Waals surface area contributed by atoms with Crippen LogP contribution < -0.4 is 9.47 Å². The van der Waals surface area contributed by atoms with Crippen LogP contribution in [0, 0.1) is 0 Å². The summed E-state index contributed by atoms with van der Waals surface area (Å²) in [5.74, 6) is -0.863. The van der Waals surface area contributed by atoms with Gasteiger partial charge in [-0.3, -0.25) is 4.79 Å². The van der Waals surface area contributed by atoms with E-state index in [1.165, 1.54) is 14.2 Å². The number of carboxylic acids is 1. The minimum Gasteiger partial charge on any atom is -0.493 e. The lowest BCUT2D eigenvalue weighted by atomic mass is 10.1. The summed E-state index contributed by atoms with van der Waals surface area (Å²) in [6, 6.07) is 2.25. The Morgan fingerprint density at radius 3 is 2.41 bits per heavy atom. The molecule has 0 radical (unpaired) electrons. The molecule has 6 heteroatoms. The Labute approximate surface area is 96.8 Å². The van der Waals surface area contributed by atoms with Crippen LogP contribution in [0.1, 0.15) is 17.6 Å². The Morgan fingerprint density at radius 1 is 1.35 bits per heavy atom. The van der Waals surface area contributed by atoms with E-state index in [1.54, 1.807) is 0 Å². The fraction of sp³-hybridized carbons (Fsp3) is 0.364. The molecule has 1 rings (SSSR count). The van der Waals surface area contributed by atoms with Gasteiger partial charge >= 0.3 is 5.97 Å². The normalized spacial score (nSPS) is 10.4. The number of methoxy groups -OCH3 is 2. The van der Waals surface area contributed by atoms with Crippen molar-refractivity contribution in [2.45, 2.75) is 12.8 Å². The van der Waals surface area contributed by atoms with E-state index < -0.39 is 18.8 Å². The number of aliphatic carboxylic acids is 1. The summed E-state index contributed by atoms with van der Waals surface area (Å²) in [7, 11) is 2.63. The molecule has 0 aliphatic rings. The minimum absolute atomic E-state index is 0.0987. The molecule has 0 saturated heterocycles. The van der Waals surface area contributed by atoms with Gasteiger partial charge in [-0.25, -0.2) is 8.78 Å². The van der Waals surface area contributed by atoms with Crippen LogP contribution in [-0.2, 0) is 11.2 Å². The number of carboxylic acid groups (broad SMARTS) is 1. The highest BCUT2D eigenvalue weighted by molar-refractivity contribution is 5.72. The first-order valence-electron chi connectivity index (χ1n) is 4.74. The maximum absolute atomic E-state index is 12.6. The van der Waals surface area contributed by atoms with Gasteiger partial charge in [0.05, 0.1) is 20.6 Å². The first-order valence-corrected chi connectivity index (χ1v) is 4.74. The zero-order chi connectivity index (χ0) is 13.0. The number of ether oxygens (including phenoxy) is 2. The Bertz CT molecular complexity index is 418. The summed E-state index contributed by atoms with van der Waals surface area (Å²) in [5, 5.41) is 8.70. The van der Waals surface area contributed by atoms with E-state index in [1.807, 2.05) is 0 Å². The molecule has 1 aromatic rings. The minimum atomic E-state index is -2.69. The summed E-state index contributed by atoms with van der Waals surface area (Å²) in [6.45, 7) is 0. The van der Waals surface area contributed by atoms with Gasteiger partial charge in [-0.15, -0.1) is 0 Å². The number of hydrogen-bond acceptors (Lipinski definition) is 3. The highest BCUT2D eigenvalue weighted by Gasteiger charge is 2.18. The maximum atomic E-state index is 12.6. The zero-order valence-electron chi connectivity index (χ0n) is 9.37. The first-order chi connectivity index (χ1) is 7.99. The smallest absolute Gasteiger partial charge is 0.307 e. The topological polar surface area (TPSA) is 55.8 Å². The third-order valence-electron chi connectivity index (χ3n) is 2.17. The Balaban J connectivity index is 3.31. The van der Waals surface area contributed by atoms with Crippen molar-refractivity contribution in [2.75, 3.05) is 14.2 Å². The van der Waals surface area contributed by atoms with Crippen molar-refractivity contribution in [1.29, 1.82) is 0 Å². The molecule has 0 aliphatic heterocycles. The van der Waals surface area contributed by atoms with Gasteiger partial charge in [-0.1, -0.05) is 0 Å². The Kier molecular flexibility index (Phi) is 4.25. The summed E-state index contributed by atoms with van der Waals surface area (Å²) in [6.07, 6.45) is -3.09. The lowest BCUT2D eigenvalue weighted by Crippen LogP contribution is -2.05. The Hall–Kier alpha value is -1.85. The molecule has 1 aromatic carbocycles. The first kappa shape index (κ1) is 13.2. The van der Waals surface area contributed by atoms with Crippen molar-refractivity contribution >= 4 is 5.97 Å². The number of halogens is 2. The highest BCUT2D eigenvalue weighted by Crippen LogP contribution is 2.35. The van der Waals surface area contributed by atoms with Crippen LogP contribution in [0.5, 0.6) is 11.5 Å². The molecule has 1 N–H and O–H groups in total. The van der Waals surface area contributed by atoms with Gasteiger partial charge in [0.1, 0.15) is 0 Å². The van der Waals surface area contributed by atoms with E-state index >= 15 is 0 Å². The van der Waals surface area contributed by atoms with Crippen LogP contribution in [-0.4, -0.2) is 25.3 Å². The van der Waals surface area contributed by atoms with Gasteiger partial charge in [-0.05, 0) is 12.1 Å². The summed E-state index contributed by atoms with van der Waals surface area (Å²) >= 11 is 0. The van der Waals surface area contributed by atoms with Crippen molar-refractivity contribution in [2.24, 2.45) is 0 Å². The second kappa shape index (κ2) is 5.47. The van der Waals surface area contributed by atoms with Gasteiger partial charge in [-0.2, -0.15) is 0 Å². The van der Waals surface area contributed by atoms with E-state index in [9.17, 15) is 13.6 Å². The number of hydrogen-bond donors (Lipinski definition) is 1. The second-order valence-electron chi connectivity index (χ2n) is 3.29. The number of rotatable bonds is 5. The van der Waals surface area contributed by atoms with Crippen LogP contribution in [0.3, 0.4) is 0 Å².